The molecule has 1 aromatic carbocycles. The zero-order chi connectivity index (χ0) is 17.2. The first-order valence-corrected chi connectivity index (χ1v) is 8.55. The van der Waals surface area contributed by atoms with Crippen LogP contribution in [0.3, 0.4) is 0 Å². The van der Waals surface area contributed by atoms with E-state index in [4.69, 9.17) is 4.74 Å². The highest BCUT2D eigenvalue weighted by molar-refractivity contribution is 5.78. The maximum absolute atomic E-state index is 12.4. The lowest BCUT2D eigenvalue weighted by atomic mass is 10.0. The van der Waals surface area contributed by atoms with Crippen molar-refractivity contribution < 1.29 is 4.74 Å². The minimum atomic E-state index is -0.0256. The third-order valence-corrected chi connectivity index (χ3v) is 4.89. The van der Waals surface area contributed by atoms with Crippen LogP contribution in [0.1, 0.15) is 23.7 Å². The maximum atomic E-state index is 12.4. The number of rotatable bonds is 4. The molecule has 4 rings (SSSR count). The summed E-state index contributed by atoms with van der Waals surface area (Å²) in [5.41, 5.74) is 2.71. The maximum Gasteiger partial charge on any atom is 0.252 e. The number of fused-ring (bicyclic) bond motifs is 1. The molecule has 1 fully saturated rings. The predicted octanol–water partition coefficient (Wildman–Crippen LogP) is 2.89. The normalized spacial score (nSPS) is 20.4. The Morgan fingerprint density at radius 1 is 1.28 bits per heavy atom. The molecule has 25 heavy (non-hydrogen) atoms. The average Bonchev–Trinajstić information content (AvgIpc) is 3.13. The van der Waals surface area contributed by atoms with Crippen LogP contribution in [-0.4, -0.2) is 34.6 Å². The van der Waals surface area contributed by atoms with E-state index in [0.29, 0.717) is 6.54 Å². The van der Waals surface area contributed by atoms with Crippen LogP contribution in [0.4, 0.5) is 0 Å². The molecule has 2 atom stereocenters. The van der Waals surface area contributed by atoms with Crippen molar-refractivity contribution in [3.63, 3.8) is 0 Å². The second-order valence-corrected chi connectivity index (χ2v) is 6.56. The van der Waals surface area contributed by atoms with Crippen LogP contribution in [0.5, 0.6) is 0 Å². The number of hydrogen-bond donors (Lipinski definition) is 1. The van der Waals surface area contributed by atoms with E-state index in [-0.39, 0.29) is 17.7 Å². The Morgan fingerprint density at radius 3 is 3.00 bits per heavy atom. The number of ether oxygens (including phenoxy) is 1. The molecular weight excluding hydrogens is 314 g/mol. The van der Waals surface area contributed by atoms with Gasteiger partial charge in [0.1, 0.15) is 0 Å². The molecule has 0 unspecified atom stereocenters. The number of aromatic nitrogens is 2. The number of pyridine rings is 2. The number of nitrogens with zero attached hydrogens (tertiary/aromatic N) is 2. The molecule has 5 nitrogen and oxygen atoms in total. The predicted molar refractivity (Wildman–Crippen MR) is 97.4 cm³/mol. The van der Waals surface area contributed by atoms with Gasteiger partial charge in [-0.1, -0.05) is 24.3 Å². The fourth-order valence-electron chi connectivity index (χ4n) is 3.59. The molecule has 1 aliphatic heterocycles. The van der Waals surface area contributed by atoms with Crippen LogP contribution in [0, 0.1) is 0 Å². The average molecular weight is 335 g/mol. The molecule has 3 aromatic rings. The van der Waals surface area contributed by atoms with E-state index in [9.17, 15) is 4.79 Å². The number of likely N-dealkylation sites (N-methyl/N-ethyl adjacent to an activating group) is 1. The zero-order valence-electron chi connectivity index (χ0n) is 14.2. The number of nitrogens with one attached hydrogen (secondary N) is 1. The van der Waals surface area contributed by atoms with Crippen molar-refractivity contribution in [1.82, 2.24) is 14.9 Å². The third kappa shape index (κ3) is 3.21. The van der Waals surface area contributed by atoms with Crippen molar-refractivity contribution in [2.75, 3.05) is 13.7 Å². The summed E-state index contributed by atoms with van der Waals surface area (Å²) in [5, 5.41) is 1.05. The Bertz CT molecular complexity index is 923. The third-order valence-electron chi connectivity index (χ3n) is 4.89. The Labute approximate surface area is 146 Å². The first-order valence-electron chi connectivity index (χ1n) is 8.55. The van der Waals surface area contributed by atoms with E-state index in [0.717, 1.165) is 35.1 Å². The molecule has 3 heterocycles. The summed E-state index contributed by atoms with van der Waals surface area (Å²) in [7, 11) is 2.05. The first kappa shape index (κ1) is 16.0. The summed E-state index contributed by atoms with van der Waals surface area (Å²) >= 11 is 0. The summed E-state index contributed by atoms with van der Waals surface area (Å²) in [5.74, 6) is 0. The van der Waals surface area contributed by atoms with Gasteiger partial charge in [0.25, 0.3) is 5.56 Å². The summed E-state index contributed by atoms with van der Waals surface area (Å²) in [6.45, 7) is 1.31. The van der Waals surface area contributed by atoms with Gasteiger partial charge < -0.3 is 9.72 Å². The minimum absolute atomic E-state index is 0.00163. The van der Waals surface area contributed by atoms with E-state index >= 15 is 0 Å². The van der Waals surface area contributed by atoms with Crippen molar-refractivity contribution >= 4 is 10.9 Å². The van der Waals surface area contributed by atoms with Crippen molar-refractivity contribution in [1.29, 1.82) is 0 Å². The Balaban J connectivity index is 1.58. The van der Waals surface area contributed by atoms with Gasteiger partial charge in [-0.05, 0) is 37.1 Å². The number of benzene rings is 1. The van der Waals surface area contributed by atoms with Gasteiger partial charge in [-0.3, -0.25) is 14.7 Å². The first-order chi connectivity index (χ1) is 12.2. The van der Waals surface area contributed by atoms with Crippen LogP contribution in [0.2, 0.25) is 0 Å². The monoisotopic (exact) mass is 335 g/mol. The van der Waals surface area contributed by atoms with Gasteiger partial charge in [0.05, 0.1) is 6.10 Å². The van der Waals surface area contributed by atoms with Gasteiger partial charge in [-0.25, -0.2) is 0 Å². The van der Waals surface area contributed by atoms with Crippen LogP contribution in [0.25, 0.3) is 10.9 Å². The lowest BCUT2D eigenvalue weighted by Crippen LogP contribution is -2.35. The molecule has 1 saturated heterocycles. The number of hydrogen-bond acceptors (Lipinski definition) is 4. The second-order valence-electron chi connectivity index (χ2n) is 6.56. The summed E-state index contributed by atoms with van der Waals surface area (Å²) < 4.78 is 5.94. The van der Waals surface area contributed by atoms with Crippen molar-refractivity contribution in [2.45, 2.75) is 25.1 Å². The van der Waals surface area contributed by atoms with E-state index in [1.54, 1.807) is 6.20 Å². The smallest absolute Gasteiger partial charge is 0.252 e. The largest absolute Gasteiger partial charge is 0.372 e. The van der Waals surface area contributed by atoms with Crippen LogP contribution >= 0.6 is 0 Å². The lowest BCUT2D eigenvalue weighted by Gasteiger charge is -2.28. The van der Waals surface area contributed by atoms with Crippen molar-refractivity contribution in [3.05, 3.63) is 76.3 Å². The SMILES string of the molecule is CN(Cc1cc2ccccc2[nH]c1=O)[C@H]1CCO[C@@H]1c1cccnc1. The highest BCUT2D eigenvalue weighted by atomic mass is 16.5. The van der Waals surface area contributed by atoms with Crippen molar-refractivity contribution in [2.24, 2.45) is 0 Å². The molecule has 2 aromatic heterocycles. The molecule has 5 heteroatoms. The Hall–Kier alpha value is -2.50. The summed E-state index contributed by atoms with van der Waals surface area (Å²) in [6.07, 6.45) is 4.57. The Kier molecular flexibility index (Phi) is 4.34. The number of para-hydroxylation sites is 1. The van der Waals surface area contributed by atoms with Gasteiger partial charge in [-0.2, -0.15) is 0 Å². The van der Waals surface area contributed by atoms with E-state index in [2.05, 4.69) is 21.9 Å². The van der Waals surface area contributed by atoms with Crippen LogP contribution in [-0.2, 0) is 11.3 Å². The zero-order valence-corrected chi connectivity index (χ0v) is 14.2. The molecular formula is C20H21N3O2. The van der Waals surface area contributed by atoms with Crippen LogP contribution < -0.4 is 5.56 Å². The quantitative estimate of drug-likeness (QED) is 0.796. The highest BCUT2D eigenvalue weighted by Crippen LogP contribution is 2.32. The topological polar surface area (TPSA) is 58.2 Å². The molecule has 0 spiro atoms. The molecule has 0 aliphatic carbocycles. The van der Waals surface area contributed by atoms with Gasteiger partial charge in [-0.15, -0.1) is 0 Å². The minimum Gasteiger partial charge on any atom is -0.372 e. The number of aromatic amines is 1. The molecule has 0 amide bonds. The van der Waals surface area contributed by atoms with Gasteiger partial charge in [0.15, 0.2) is 0 Å². The summed E-state index contributed by atoms with van der Waals surface area (Å²) in [6, 6.07) is 14.1. The summed E-state index contributed by atoms with van der Waals surface area (Å²) in [4.78, 5) is 21.8. The van der Waals surface area contributed by atoms with Crippen molar-refractivity contribution in [3.8, 4) is 0 Å². The highest BCUT2D eigenvalue weighted by Gasteiger charge is 2.33. The number of H-pyrrole nitrogens is 1. The van der Waals surface area contributed by atoms with Gasteiger partial charge in [0.2, 0.25) is 0 Å². The van der Waals surface area contributed by atoms with Gasteiger partial charge in [0, 0.05) is 48.2 Å². The lowest BCUT2D eigenvalue weighted by molar-refractivity contribution is 0.0669. The molecule has 0 bridgehead atoms. The fourth-order valence-corrected chi connectivity index (χ4v) is 3.59. The standard InChI is InChI=1S/C20H21N3O2/c1-23(18-8-10-25-19(18)15-6-4-9-21-12-15)13-16-11-14-5-2-3-7-17(14)22-20(16)24/h2-7,9,11-12,18-19H,8,10,13H2,1H3,(H,22,24)/t18-,19+/m0/s1. The van der Waals surface area contributed by atoms with Crippen LogP contribution in [0.15, 0.2) is 59.7 Å². The molecule has 1 N–H and O–H groups in total. The fraction of sp³-hybridized carbons (Fsp3) is 0.300. The molecule has 128 valence electrons. The van der Waals surface area contributed by atoms with E-state index in [1.165, 1.54) is 0 Å². The molecule has 1 aliphatic rings. The molecule has 0 radical (unpaired) electrons. The van der Waals surface area contributed by atoms with E-state index < -0.39 is 0 Å². The van der Waals surface area contributed by atoms with E-state index in [1.807, 2.05) is 48.7 Å². The Morgan fingerprint density at radius 2 is 2.16 bits per heavy atom. The molecule has 0 saturated carbocycles. The second kappa shape index (κ2) is 6.78. The van der Waals surface area contributed by atoms with Gasteiger partial charge >= 0.3 is 0 Å².